The van der Waals surface area contributed by atoms with Crippen molar-refractivity contribution in [2.45, 2.75) is 59.3 Å². The standard InChI is InChI=1S/C18H29Br/c1-4-6-10-16(5-2)12-17(14-19)13-18-11-8-7-9-15(18)3/h7-9,11,16-17H,4-6,10,12-14H2,1-3H3. The van der Waals surface area contributed by atoms with E-state index in [1.54, 1.807) is 0 Å². The highest BCUT2D eigenvalue weighted by Gasteiger charge is 2.15. The van der Waals surface area contributed by atoms with Gasteiger partial charge in [0.2, 0.25) is 0 Å². The highest BCUT2D eigenvalue weighted by atomic mass is 79.9. The zero-order chi connectivity index (χ0) is 14.1. The predicted molar refractivity (Wildman–Crippen MR) is 90.1 cm³/mol. The lowest BCUT2D eigenvalue weighted by atomic mass is 9.86. The molecular weight excluding hydrogens is 296 g/mol. The van der Waals surface area contributed by atoms with Gasteiger partial charge >= 0.3 is 0 Å². The van der Waals surface area contributed by atoms with Crippen LogP contribution in [0.25, 0.3) is 0 Å². The van der Waals surface area contributed by atoms with E-state index >= 15 is 0 Å². The molecule has 0 amide bonds. The minimum Gasteiger partial charge on any atom is -0.0925 e. The topological polar surface area (TPSA) is 0 Å². The fourth-order valence-corrected chi connectivity index (χ4v) is 3.30. The van der Waals surface area contributed by atoms with Crippen molar-refractivity contribution in [1.82, 2.24) is 0 Å². The van der Waals surface area contributed by atoms with Crippen LogP contribution in [0.5, 0.6) is 0 Å². The smallest absolute Gasteiger partial charge is 0.00629 e. The van der Waals surface area contributed by atoms with Crippen molar-refractivity contribution in [2.75, 3.05) is 5.33 Å². The Bertz CT molecular complexity index is 345. The summed E-state index contributed by atoms with van der Waals surface area (Å²) in [7, 11) is 0. The predicted octanol–water partition coefficient (Wildman–Crippen LogP) is 6.16. The van der Waals surface area contributed by atoms with E-state index in [0.717, 1.165) is 17.2 Å². The monoisotopic (exact) mass is 324 g/mol. The van der Waals surface area contributed by atoms with Gasteiger partial charge in [-0.1, -0.05) is 79.7 Å². The number of halogens is 1. The molecule has 0 aliphatic rings. The van der Waals surface area contributed by atoms with Crippen molar-refractivity contribution in [1.29, 1.82) is 0 Å². The van der Waals surface area contributed by atoms with E-state index in [4.69, 9.17) is 0 Å². The number of benzene rings is 1. The average Bonchev–Trinajstić information content (AvgIpc) is 2.44. The molecule has 1 rings (SSSR count). The van der Waals surface area contributed by atoms with Gasteiger partial charge in [-0.25, -0.2) is 0 Å². The molecule has 2 unspecified atom stereocenters. The summed E-state index contributed by atoms with van der Waals surface area (Å²) in [6.45, 7) is 6.87. The Hall–Kier alpha value is -0.300. The van der Waals surface area contributed by atoms with Gasteiger partial charge in [0.25, 0.3) is 0 Å². The van der Waals surface area contributed by atoms with Gasteiger partial charge in [0.1, 0.15) is 0 Å². The van der Waals surface area contributed by atoms with E-state index in [-0.39, 0.29) is 0 Å². The largest absolute Gasteiger partial charge is 0.0925 e. The maximum absolute atomic E-state index is 3.72. The summed E-state index contributed by atoms with van der Waals surface area (Å²) in [5.41, 5.74) is 2.97. The molecule has 0 aliphatic heterocycles. The zero-order valence-electron chi connectivity index (χ0n) is 12.8. The van der Waals surface area contributed by atoms with Crippen LogP contribution in [0.4, 0.5) is 0 Å². The second-order valence-corrected chi connectivity index (χ2v) is 6.45. The summed E-state index contributed by atoms with van der Waals surface area (Å²) in [4.78, 5) is 0. The molecule has 0 spiro atoms. The Morgan fingerprint density at radius 3 is 2.42 bits per heavy atom. The molecular formula is C18H29Br. The fourth-order valence-electron chi connectivity index (χ4n) is 2.80. The highest BCUT2D eigenvalue weighted by Crippen LogP contribution is 2.26. The van der Waals surface area contributed by atoms with Gasteiger partial charge in [-0.05, 0) is 42.7 Å². The number of hydrogen-bond donors (Lipinski definition) is 0. The van der Waals surface area contributed by atoms with Crippen LogP contribution in [-0.4, -0.2) is 5.33 Å². The van der Waals surface area contributed by atoms with Crippen LogP contribution in [0, 0.1) is 18.8 Å². The summed E-state index contributed by atoms with van der Waals surface area (Å²) in [6, 6.07) is 8.83. The molecule has 0 heterocycles. The van der Waals surface area contributed by atoms with Crippen LogP contribution in [0.2, 0.25) is 0 Å². The third kappa shape index (κ3) is 6.12. The molecule has 19 heavy (non-hydrogen) atoms. The van der Waals surface area contributed by atoms with Crippen molar-refractivity contribution in [3.05, 3.63) is 35.4 Å². The van der Waals surface area contributed by atoms with E-state index in [1.807, 2.05) is 0 Å². The minimum atomic E-state index is 0.780. The van der Waals surface area contributed by atoms with Crippen molar-refractivity contribution in [3.63, 3.8) is 0 Å². The molecule has 1 aromatic rings. The van der Waals surface area contributed by atoms with Crippen LogP contribution in [0.1, 0.15) is 57.1 Å². The lowest BCUT2D eigenvalue weighted by Gasteiger charge is -2.22. The first-order valence-electron chi connectivity index (χ1n) is 7.81. The minimum absolute atomic E-state index is 0.780. The first-order chi connectivity index (χ1) is 9.21. The third-order valence-corrected chi connectivity index (χ3v) is 5.11. The quantitative estimate of drug-likeness (QED) is 0.477. The number of alkyl halides is 1. The van der Waals surface area contributed by atoms with E-state index in [2.05, 4.69) is 61.0 Å². The van der Waals surface area contributed by atoms with Crippen LogP contribution in [0.15, 0.2) is 24.3 Å². The molecule has 108 valence electrons. The van der Waals surface area contributed by atoms with E-state index < -0.39 is 0 Å². The summed E-state index contributed by atoms with van der Waals surface area (Å²) in [6.07, 6.45) is 8.04. The summed E-state index contributed by atoms with van der Waals surface area (Å²) < 4.78 is 0. The molecule has 0 nitrogen and oxygen atoms in total. The van der Waals surface area contributed by atoms with Crippen LogP contribution >= 0.6 is 15.9 Å². The molecule has 1 heteroatoms. The average molecular weight is 325 g/mol. The molecule has 1 aromatic carbocycles. The molecule has 0 N–H and O–H groups in total. The Morgan fingerprint density at radius 2 is 1.84 bits per heavy atom. The maximum Gasteiger partial charge on any atom is 0.00629 e. The van der Waals surface area contributed by atoms with Crippen molar-refractivity contribution < 1.29 is 0 Å². The molecule has 0 bridgehead atoms. The summed E-state index contributed by atoms with van der Waals surface area (Å²) >= 11 is 3.72. The SMILES string of the molecule is CCCCC(CC)CC(CBr)Cc1ccccc1C. The maximum atomic E-state index is 3.72. The fraction of sp³-hybridized carbons (Fsp3) is 0.667. The summed E-state index contributed by atoms with van der Waals surface area (Å²) in [5.74, 6) is 1.69. The normalized spacial score (nSPS) is 14.3. The number of rotatable bonds is 9. The highest BCUT2D eigenvalue weighted by molar-refractivity contribution is 9.09. The Labute approximate surface area is 128 Å². The van der Waals surface area contributed by atoms with Gasteiger partial charge in [-0.2, -0.15) is 0 Å². The summed E-state index contributed by atoms with van der Waals surface area (Å²) in [5, 5.41) is 1.13. The molecule has 0 aliphatic carbocycles. The molecule has 0 aromatic heterocycles. The van der Waals surface area contributed by atoms with E-state index in [1.165, 1.54) is 49.7 Å². The first-order valence-corrected chi connectivity index (χ1v) is 8.93. The number of unbranched alkanes of at least 4 members (excludes halogenated alkanes) is 1. The lowest BCUT2D eigenvalue weighted by molar-refractivity contribution is 0.355. The zero-order valence-corrected chi connectivity index (χ0v) is 14.4. The van der Waals surface area contributed by atoms with Crippen LogP contribution in [-0.2, 0) is 6.42 Å². The van der Waals surface area contributed by atoms with Gasteiger partial charge < -0.3 is 0 Å². The van der Waals surface area contributed by atoms with Crippen molar-refractivity contribution in [3.8, 4) is 0 Å². The molecule has 2 atom stereocenters. The third-order valence-electron chi connectivity index (χ3n) is 4.20. The molecule has 0 fully saturated rings. The second-order valence-electron chi connectivity index (χ2n) is 5.80. The lowest BCUT2D eigenvalue weighted by Crippen LogP contribution is -2.13. The van der Waals surface area contributed by atoms with Crippen LogP contribution in [0.3, 0.4) is 0 Å². The molecule has 0 radical (unpaired) electrons. The van der Waals surface area contributed by atoms with Gasteiger partial charge in [0.05, 0.1) is 0 Å². The molecule has 0 saturated heterocycles. The van der Waals surface area contributed by atoms with Gasteiger partial charge in [0.15, 0.2) is 0 Å². The Balaban J connectivity index is 2.55. The van der Waals surface area contributed by atoms with Gasteiger partial charge in [0, 0.05) is 5.33 Å². The van der Waals surface area contributed by atoms with Crippen molar-refractivity contribution in [2.24, 2.45) is 11.8 Å². The first kappa shape index (κ1) is 16.8. The molecule has 0 saturated carbocycles. The number of aryl methyl sites for hydroxylation is 1. The van der Waals surface area contributed by atoms with Gasteiger partial charge in [-0.15, -0.1) is 0 Å². The number of hydrogen-bond acceptors (Lipinski definition) is 0. The Kier molecular flexibility index (Phi) is 8.45. The Morgan fingerprint density at radius 1 is 1.11 bits per heavy atom. The van der Waals surface area contributed by atoms with Gasteiger partial charge in [-0.3, -0.25) is 0 Å². The van der Waals surface area contributed by atoms with Crippen LogP contribution < -0.4 is 0 Å². The second kappa shape index (κ2) is 9.58. The van der Waals surface area contributed by atoms with Crippen molar-refractivity contribution >= 4 is 15.9 Å². The van der Waals surface area contributed by atoms with E-state index in [0.29, 0.717) is 0 Å². The van der Waals surface area contributed by atoms with E-state index in [9.17, 15) is 0 Å².